The summed E-state index contributed by atoms with van der Waals surface area (Å²) < 4.78 is 207. The summed E-state index contributed by atoms with van der Waals surface area (Å²) in [5.41, 5.74) is 13.0. The first kappa shape index (κ1) is 123. The SMILES string of the molecule is C1CCOC1.C1CCOC1.C1CCOC1.C1CCOC1.C1CCOC1.Cc1cc(C)c(S(=O)(=O)[N-]CCN(CC[N-]S(=O)(=O)c2c(C)cc(C)cc2C)CC[N-]S(=O)(=O)c2c(C)cc(C)cc2C)c(C)c1.Cc1cc(C)c(S(=O)(=O)[N-]CCN(CC[N-]S(=O)(=O)c2c(C)cc(C)cc2C)CC[N-]S(=O)(=O)c2c(C)cc(C)cc2C)c(C)c1.N.N.[Fe+4].[Fe+4].[Na+].[Na+]. The van der Waals surface area contributed by atoms with E-state index in [0.29, 0.717) is 66.8 Å². The molecular formula is C86H136Fe2N10Na2O17S6+4. The summed E-state index contributed by atoms with van der Waals surface area (Å²) in [4.78, 5) is 4.46. The van der Waals surface area contributed by atoms with Crippen LogP contribution >= 0.6 is 0 Å². The summed E-state index contributed by atoms with van der Waals surface area (Å²) in [5, 5.41) is 0. The van der Waals surface area contributed by atoms with Gasteiger partial charge in [-0.3, -0.25) is 0 Å². The summed E-state index contributed by atoms with van der Waals surface area (Å²) in [5.74, 6) is 0. The third-order valence-electron chi connectivity index (χ3n) is 19.4. The second-order valence-corrected chi connectivity index (χ2v) is 40.3. The molecule has 0 aliphatic carbocycles. The van der Waals surface area contributed by atoms with Crippen molar-refractivity contribution in [1.29, 1.82) is 0 Å². The largest absolute Gasteiger partial charge is 4.00 e. The van der Waals surface area contributed by atoms with Gasteiger partial charge in [-0.2, -0.15) is 0 Å². The van der Waals surface area contributed by atoms with E-state index in [4.69, 9.17) is 23.7 Å². The first-order valence-electron chi connectivity index (χ1n) is 40.4. The molecule has 0 aromatic heterocycles. The van der Waals surface area contributed by atoms with Crippen molar-refractivity contribution in [2.45, 2.75) is 218 Å². The van der Waals surface area contributed by atoms with Crippen molar-refractivity contribution in [3.05, 3.63) is 201 Å². The third kappa shape index (κ3) is 42.7. The number of sulfonamides is 6. The van der Waals surface area contributed by atoms with Crippen LogP contribution in [-0.4, -0.2) is 205 Å². The Morgan fingerprint density at radius 2 is 0.317 bits per heavy atom. The van der Waals surface area contributed by atoms with Crippen molar-refractivity contribution in [2.24, 2.45) is 0 Å². The first-order valence-corrected chi connectivity index (χ1v) is 49.1. The van der Waals surface area contributed by atoms with Gasteiger partial charge >= 0.3 is 93.3 Å². The molecule has 123 heavy (non-hydrogen) atoms. The zero-order chi connectivity index (χ0) is 86.9. The maximum absolute atomic E-state index is 13.2. The van der Waals surface area contributed by atoms with Crippen molar-refractivity contribution in [3.8, 4) is 0 Å². The normalized spacial score (nSPS) is 14.3. The minimum Gasteiger partial charge on any atom is -0.544 e. The molecule has 0 bridgehead atoms. The molecule has 682 valence electrons. The Hall–Kier alpha value is -2.54. The van der Waals surface area contributed by atoms with Gasteiger partial charge in [0.25, 0.3) is 0 Å². The molecule has 37 heteroatoms. The monoisotopic (exact) mass is 1930 g/mol. The molecule has 5 heterocycles. The Bertz CT molecular complexity index is 3970. The van der Waals surface area contributed by atoms with Gasteiger partial charge in [-0.05, 0) is 295 Å². The van der Waals surface area contributed by atoms with Gasteiger partial charge in [-0.15, -0.1) is 39.3 Å². The van der Waals surface area contributed by atoms with E-state index in [1.807, 2.05) is 41.5 Å². The van der Waals surface area contributed by atoms with Crippen LogP contribution in [0.5, 0.6) is 0 Å². The zero-order valence-corrected chi connectivity index (χ0v) is 87.8. The molecule has 6 aromatic carbocycles. The fourth-order valence-corrected chi connectivity index (χ4v) is 23.2. The number of hydrogen-bond acceptors (Lipinski definition) is 21. The number of rotatable bonds is 30. The van der Waals surface area contributed by atoms with Crippen LogP contribution in [0.4, 0.5) is 0 Å². The maximum Gasteiger partial charge on any atom is 4.00 e. The van der Waals surface area contributed by atoms with E-state index in [9.17, 15) is 50.5 Å². The first-order chi connectivity index (χ1) is 55.0. The average Bonchev–Trinajstić information content (AvgIpc) is 1.05. The number of benzene rings is 6. The summed E-state index contributed by atoms with van der Waals surface area (Å²) >= 11 is 0. The predicted molar refractivity (Wildman–Crippen MR) is 480 cm³/mol. The van der Waals surface area contributed by atoms with Crippen LogP contribution in [0.2, 0.25) is 0 Å². The fraction of sp³-hybridized carbons (Fsp3) is 0.581. The zero-order valence-electron chi connectivity index (χ0n) is 76.6. The van der Waals surface area contributed by atoms with E-state index in [1.54, 1.807) is 166 Å². The molecule has 0 spiro atoms. The van der Waals surface area contributed by atoms with E-state index >= 15 is 0 Å². The van der Waals surface area contributed by atoms with Crippen LogP contribution < -0.4 is 71.4 Å². The molecule has 6 N–H and O–H groups in total. The molecule has 27 nitrogen and oxygen atoms in total. The number of hydrogen-bond donors (Lipinski definition) is 2. The fourth-order valence-electron chi connectivity index (χ4n) is 14.9. The third-order valence-corrected chi connectivity index (χ3v) is 29.5. The molecular weight excluding hydrogens is 1800 g/mol. The average molecular weight is 1930 g/mol. The van der Waals surface area contributed by atoms with E-state index in [2.05, 4.69) is 28.3 Å². The molecule has 5 saturated heterocycles. The van der Waals surface area contributed by atoms with E-state index in [-0.39, 0.29) is 213 Å². The van der Waals surface area contributed by atoms with Gasteiger partial charge in [-0.1, -0.05) is 106 Å². The van der Waals surface area contributed by atoms with Gasteiger partial charge in [0.15, 0.2) is 0 Å². The van der Waals surface area contributed by atoms with Crippen molar-refractivity contribution < 1.29 is 167 Å². The summed E-state index contributed by atoms with van der Waals surface area (Å²) in [6, 6.07) is 21.5. The van der Waals surface area contributed by atoms with Crippen molar-refractivity contribution in [1.82, 2.24) is 22.1 Å². The minimum absolute atomic E-state index is 0. The van der Waals surface area contributed by atoms with E-state index in [0.717, 1.165) is 99.4 Å². The Kier molecular flexibility index (Phi) is 60.3. The maximum atomic E-state index is 13.2. The van der Waals surface area contributed by atoms with Gasteiger partial charge in [-0.25, -0.2) is 50.5 Å². The van der Waals surface area contributed by atoms with E-state index < -0.39 is 60.1 Å². The van der Waals surface area contributed by atoms with Gasteiger partial charge in [0, 0.05) is 66.1 Å². The molecule has 5 fully saturated rings. The van der Waals surface area contributed by atoms with Crippen LogP contribution in [0.3, 0.4) is 0 Å². The molecule has 0 amide bonds. The summed E-state index contributed by atoms with van der Waals surface area (Å²) in [6.45, 7) is 42.2. The molecule has 11 rings (SSSR count). The number of nitrogens with zero attached hydrogens (tertiary/aromatic N) is 8. The molecule has 5 aliphatic rings. The second kappa shape index (κ2) is 60.5. The number of ether oxygens (including phenoxy) is 5. The smallest absolute Gasteiger partial charge is 0.544 e. The molecule has 5 aliphatic heterocycles. The van der Waals surface area contributed by atoms with Crippen molar-refractivity contribution >= 4 is 60.1 Å². The van der Waals surface area contributed by atoms with Crippen LogP contribution in [0.1, 0.15) is 164 Å². The second-order valence-electron chi connectivity index (χ2n) is 30.6. The van der Waals surface area contributed by atoms with Crippen LogP contribution in [0.25, 0.3) is 28.3 Å². The van der Waals surface area contributed by atoms with Gasteiger partial charge in [0.2, 0.25) is 0 Å². The Balaban J connectivity index is 0. The molecule has 0 radical (unpaired) electrons. The molecule has 0 saturated carbocycles. The Labute approximate surface area is 805 Å². The van der Waals surface area contributed by atoms with Crippen molar-refractivity contribution in [2.75, 3.05) is 145 Å². The van der Waals surface area contributed by atoms with Crippen molar-refractivity contribution in [3.63, 3.8) is 0 Å². The van der Waals surface area contributed by atoms with Gasteiger partial charge < -0.3 is 74.1 Å². The Morgan fingerprint density at radius 3 is 0.398 bits per heavy atom. The molecule has 0 atom stereocenters. The topological polar surface area (TPSA) is 412 Å². The summed E-state index contributed by atoms with van der Waals surface area (Å²) in [6.07, 6.45) is 12.8. The standard InChI is InChI=1S/2C33H45N4O6S3.5C4H8O.2Fe.2H3N.2Na/c2*1-22-16-25(4)31(26(5)17-22)44(38,39)34-10-13-37(14-11-35-45(40,41)32-27(6)18-23(2)19-28(32)7)15-12-36-46(42,43)33-29(8)20-24(3)21-30(33)9;5*1-2-4-5-3-1;;;;;;/h2*16-21H,10-15H2,1-9H3;5*1-4H2;;;2*1H3;;/q2*-3;;;;;;2*+4;;;2*+1. The Morgan fingerprint density at radius 1 is 0.220 bits per heavy atom. The van der Waals surface area contributed by atoms with Gasteiger partial charge in [0.05, 0.1) is 29.4 Å². The quantitative estimate of drug-likeness (QED) is 0.0396. The van der Waals surface area contributed by atoms with Gasteiger partial charge in [0.1, 0.15) is 60.1 Å². The number of aryl methyl sites for hydroxylation is 18. The molecule has 6 aromatic rings. The van der Waals surface area contributed by atoms with E-state index in [1.165, 1.54) is 64.2 Å². The van der Waals surface area contributed by atoms with Crippen LogP contribution in [0, 0.1) is 125 Å². The predicted octanol–water partition coefficient (Wildman–Crippen LogP) is 11.0. The minimum atomic E-state index is -3.96. The van der Waals surface area contributed by atoms with Crippen LogP contribution in [-0.2, 0) is 118 Å². The summed E-state index contributed by atoms with van der Waals surface area (Å²) in [7, 11) is -23.8. The molecule has 0 unspecified atom stereocenters. The van der Waals surface area contributed by atoms with Crippen LogP contribution in [0.15, 0.2) is 102 Å².